The van der Waals surface area contributed by atoms with Crippen LogP contribution in [0.15, 0.2) is 24.3 Å². The van der Waals surface area contributed by atoms with Gasteiger partial charge in [0.15, 0.2) is 0 Å². The molecule has 0 radical (unpaired) electrons. The van der Waals surface area contributed by atoms with E-state index in [-0.39, 0.29) is 12.3 Å². The minimum atomic E-state index is -4.39. The first-order valence-electron chi connectivity index (χ1n) is 7.17. The average Bonchev–Trinajstić information content (AvgIpc) is 2.40. The van der Waals surface area contributed by atoms with Crippen LogP contribution in [0.1, 0.15) is 44.4 Å². The lowest BCUT2D eigenvalue weighted by Gasteiger charge is -2.32. The second-order valence-electron chi connectivity index (χ2n) is 6.34. The number of hydrogen-bond acceptors (Lipinski definition) is 2. The van der Waals surface area contributed by atoms with E-state index >= 15 is 0 Å². The van der Waals surface area contributed by atoms with Crippen molar-refractivity contribution in [3.63, 3.8) is 0 Å². The standard InChI is InChI=1S/C16H23F3N2O/c1-15(2,3)14(21-13(22)8-9-20-4)11-6-5-7-12(10-11)16(17,18)19/h5-7,10,14,20H,8-9H2,1-4H3,(H,21,22). The lowest BCUT2D eigenvalue weighted by molar-refractivity contribution is -0.137. The van der Waals surface area contributed by atoms with E-state index in [1.54, 1.807) is 13.1 Å². The van der Waals surface area contributed by atoms with Crippen LogP contribution in [0.25, 0.3) is 0 Å². The quantitative estimate of drug-likeness (QED) is 0.873. The second-order valence-corrected chi connectivity index (χ2v) is 6.34. The van der Waals surface area contributed by atoms with Crippen molar-refractivity contribution in [3.8, 4) is 0 Å². The molecule has 0 spiro atoms. The topological polar surface area (TPSA) is 41.1 Å². The molecule has 1 atom stereocenters. The van der Waals surface area contributed by atoms with Crippen LogP contribution in [-0.2, 0) is 11.0 Å². The summed E-state index contributed by atoms with van der Waals surface area (Å²) in [4.78, 5) is 11.9. The maximum atomic E-state index is 12.9. The summed E-state index contributed by atoms with van der Waals surface area (Å²) < 4.78 is 38.6. The van der Waals surface area contributed by atoms with Crippen LogP contribution in [0.3, 0.4) is 0 Å². The van der Waals surface area contributed by atoms with Gasteiger partial charge < -0.3 is 10.6 Å². The summed E-state index contributed by atoms with van der Waals surface area (Å²) in [5.41, 5.74) is -0.650. The van der Waals surface area contributed by atoms with Gasteiger partial charge >= 0.3 is 6.18 Å². The van der Waals surface area contributed by atoms with Gasteiger partial charge in [0, 0.05) is 13.0 Å². The van der Waals surface area contributed by atoms with Gasteiger partial charge in [-0.05, 0) is 30.2 Å². The largest absolute Gasteiger partial charge is 0.416 e. The van der Waals surface area contributed by atoms with Crippen molar-refractivity contribution in [2.75, 3.05) is 13.6 Å². The molecule has 1 rings (SSSR count). The van der Waals surface area contributed by atoms with E-state index in [9.17, 15) is 18.0 Å². The highest BCUT2D eigenvalue weighted by atomic mass is 19.4. The first-order chi connectivity index (χ1) is 10.1. The molecule has 0 heterocycles. The highest BCUT2D eigenvalue weighted by Crippen LogP contribution is 2.36. The first kappa shape index (κ1) is 18.5. The van der Waals surface area contributed by atoms with E-state index in [0.717, 1.165) is 12.1 Å². The maximum Gasteiger partial charge on any atom is 0.416 e. The van der Waals surface area contributed by atoms with Crippen LogP contribution in [0.5, 0.6) is 0 Å². The maximum absolute atomic E-state index is 12.9. The van der Waals surface area contributed by atoms with E-state index in [1.165, 1.54) is 6.07 Å². The molecule has 1 amide bonds. The SMILES string of the molecule is CNCCC(=O)NC(c1cccc(C(F)(F)F)c1)C(C)(C)C. The molecule has 6 heteroatoms. The van der Waals surface area contributed by atoms with Crippen molar-refractivity contribution < 1.29 is 18.0 Å². The zero-order valence-electron chi connectivity index (χ0n) is 13.3. The number of hydrogen-bond donors (Lipinski definition) is 2. The minimum absolute atomic E-state index is 0.188. The molecule has 0 fully saturated rings. The van der Waals surface area contributed by atoms with Crippen molar-refractivity contribution in [2.24, 2.45) is 5.41 Å². The molecule has 0 aliphatic rings. The molecule has 124 valence electrons. The molecule has 3 nitrogen and oxygen atoms in total. The number of carbonyl (C=O) groups excluding carboxylic acids is 1. The monoisotopic (exact) mass is 316 g/mol. The zero-order valence-corrected chi connectivity index (χ0v) is 13.3. The fourth-order valence-electron chi connectivity index (χ4n) is 2.17. The Bertz CT molecular complexity index is 507. The Hall–Kier alpha value is -1.56. The van der Waals surface area contributed by atoms with Gasteiger partial charge in [-0.3, -0.25) is 4.79 Å². The number of amides is 1. The van der Waals surface area contributed by atoms with E-state index in [4.69, 9.17) is 0 Å². The zero-order chi connectivity index (χ0) is 17.0. The van der Waals surface area contributed by atoms with E-state index < -0.39 is 23.2 Å². The molecule has 1 unspecified atom stereocenters. The lowest BCUT2D eigenvalue weighted by atomic mass is 9.82. The lowest BCUT2D eigenvalue weighted by Crippen LogP contribution is -2.37. The van der Waals surface area contributed by atoms with Gasteiger partial charge in [0.05, 0.1) is 11.6 Å². The highest BCUT2D eigenvalue weighted by molar-refractivity contribution is 5.76. The van der Waals surface area contributed by atoms with Crippen molar-refractivity contribution in [2.45, 2.75) is 39.4 Å². The molecule has 22 heavy (non-hydrogen) atoms. The Morgan fingerprint density at radius 2 is 1.86 bits per heavy atom. The molecule has 0 aliphatic heterocycles. The molecular formula is C16H23F3N2O. The van der Waals surface area contributed by atoms with Crippen LogP contribution in [0.4, 0.5) is 13.2 Å². The number of halogens is 3. The number of benzene rings is 1. The minimum Gasteiger partial charge on any atom is -0.349 e. The highest BCUT2D eigenvalue weighted by Gasteiger charge is 2.33. The van der Waals surface area contributed by atoms with E-state index in [0.29, 0.717) is 12.1 Å². The van der Waals surface area contributed by atoms with Crippen molar-refractivity contribution >= 4 is 5.91 Å². The summed E-state index contributed by atoms with van der Waals surface area (Å²) in [5.74, 6) is -0.188. The molecule has 0 saturated carbocycles. The number of nitrogens with one attached hydrogen (secondary N) is 2. The molecule has 2 N–H and O–H groups in total. The van der Waals surface area contributed by atoms with Crippen LogP contribution >= 0.6 is 0 Å². The third kappa shape index (κ3) is 5.33. The van der Waals surface area contributed by atoms with E-state index in [2.05, 4.69) is 10.6 Å². The fraction of sp³-hybridized carbons (Fsp3) is 0.562. The van der Waals surface area contributed by atoms with E-state index in [1.807, 2.05) is 20.8 Å². The Labute approximate surface area is 129 Å². The molecule has 0 saturated heterocycles. The predicted molar refractivity (Wildman–Crippen MR) is 80.3 cm³/mol. The summed E-state index contributed by atoms with van der Waals surface area (Å²) in [6, 6.07) is 4.64. The Morgan fingerprint density at radius 1 is 1.23 bits per heavy atom. The van der Waals surface area contributed by atoms with Gasteiger partial charge in [-0.2, -0.15) is 13.2 Å². The van der Waals surface area contributed by atoms with Crippen LogP contribution < -0.4 is 10.6 Å². The normalized spacial score (nSPS) is 13.8. The molecule has 1 aromatic carbocycles. The van der Waals surface area contributed by atoms with Gasteiger partial charge in [0.2, 0.25) is 5.91 Å². The molecule has 0 bridgehead atoms. The fourth-order valence-corrected chi connectivity index (χ4v) is 2.17. The Morgan fingerprint density at radius 3 is 2.36 bits per heavy atom. The van der Waals surface area contributed by atoms with Crippen LogP contribution in [0, 0.1) is 5.41 Å². The van der Waals surface area contributed by atoms with Crippen LogP contribution in [-0.4, -0.2) is 19.5 Å². The summed E-state index contributed by atoms with van der Waals surface area (Å²) in [7, 11) is 1.74. The summed E-state index contributed by atoms with van der Waals surface area (Å²) >= 11 is 0. The molecular weight excluding hydrogens is 293 g/mol. The molecule has 0 aromatic heterocycles. The third-order valence-corrected chi connectivity index (χ3v) is 3.32. The van der Waals surface area contributed by atoms with Gasteiger partial charge in [-0.25, -0.2) is 0 Å². The van der Waals surface area contributed by atoms with Gasteiger partial charge in [0.25, 0.3) is 0 Å². The second kappa shape index (κ2) is 7.13. The predicted octanol–water partition coefficient (Wildman–Crippen LogP) is 3.52. The Balaban J connectivity index is 3.06. The number of alkyl halides is 3. The number of carbonyl (C=O) groups is 1. The smallest absolute Gasteiger partial charge is 0.349 e. The van der Waals surface area contributed by atoms with Gasteiger partial charge in [-0.15, -0.1) is 0 Å². The van der Waals surface area contributed by atoms with Crippen molar-refractivity contribution in [1.29, 1.82) is 0 Å². The summed E-state index contributed by atoms with van der Waals surface area (Å²) in [6.07, 6.45) is -4.11. The Kier molecular flexibility index (Phi) is 6.00. The van der Waals surface area contributed by atoms with Gasteiger partial charge in [-0.1, -0.05) is 32.9 Å². The summed E-state index contributed by atoms with van der Waals surface area (Å²) in [5, 5.41) is 5.71. The third-order valence-electron chi connectivity index (χ3n) is 3.32. The molecule has 1 aromatic rings. The van der Waals surface area contributed by atoms with Crippen molar-refractivity contribution in [3.05, 3.63) is 35.4 Å². The van der Waals surface area contributed by atoms with Crippen molar-refractivity contribution in [1.82, 2.24) is 10.6 Å². The summed E-state index contributed by atoms with van der Waals surface area (Å²) in [6.45, 7) is 6.17. The van der Waals surface area contributed by atoms with Gasteiger partial charge in [0.1, 0.15) is 0 Å². The van der Waals surface area contributed by atoms with Crippen LogP contribution in [0.2, 0.25) is 0 Å². The first-order valence-corrected chi connectivity index (χ1v) is 7.17. The number of rotatable bonds is 5. The average molecular weight is 316 g/mol. The molecule has 0 aliphatic carbocycles.